The molecule has 0 aromatic heterocycles. The first-order valence-electron chi connectivity index (χ1n) is 9.35. The zero-order valence-corrected chi connectivity index (χ0v) is 16.8. The van der Waals surface area contributed by atoms with Crippen LogP contribution in [0.5, 0.6) is 5.75 Å². The monoisotopic (exact) mass is 394 g/mol. The Labute approximate surface area is 165 Å². The lowest BCUT2D eigenvalue weighted by molar-refractivity contribution is -0.142. The number of benzene rings is 1. The maximum Gasteiger partial charge on any atom is 0.326 e. The van der Waals surface area contributed by atoms with Gasteiger partial charge in [0.25, 0.3) is 0 Å². The van der Waals surface area contributed by atoms with Crippen molar-refractivity contribution in [3.05, 3.63) is 29.8 Å². The summed E-state index contributed by atoms with van der Waals surface area (Å²) in [5.74, 6) is -2.00. The summed E-state index contributed by atoms with van der Waals surface area (Å²) in [7, 11) is 0. The maximum atomic E-state index is 12.1. The predicted molar refractivity (Wildman–Crippen MR) is 104 cm³/mol. The number of amides is 1. The fourth-order valence-corrected chi connectivity index (χ4v) is 2.63. The molecular formula is C20H30N2O6. The molecule has 0 unspecified atom stereocenters. The van der Waals surface area contributed by atoms with E-state index >= 15 is 0 Å². The molecule has 156 valence electrons. The molecule has 0 bridgehead atoms. The van der Waals surface area contributed by atoms with Crippen LogP contribution in [0.3, 0.4) is 0 Å². The first-order chi connectivity index (χ1) is 13.1. The van der Waals surface area contributed by atoms with Gasteiger partial charge in [0.2, 0.25) is 5.91 Å². The third-order valence-electron chi connectivity index (χ3n) is 3.86. The van der Waals surface area contributed by atoms with Crippen LogP contribution in [0.1, 0.15) is 46.1 Å². The van der Waals surface area contributed by atoms with Crippen molar-refractivity contribution in [3.63, 3.8) is 0 Å². The second-order valence-electron chi connectivity index (χ2n) is 7.22. The molecule has 0 aliphatic carbocycles. The fraction of sp³-hybridized carbons (Fsp3) is 0.550. The number of hydrogen-bond acceptors (Lipinski definition) is 5. The topological polar surface area (TPSA) is 125 Å². The van der Waals surface area contributed by atoms with Crippen molar-refractivity contribution in [2.75, 3.05) is 0 Å². The lowest BCUT2D eigenvalue weighted by atomic mass is 10.0. The van der Waals surface area contributed by atoms with Gasteiger partial charge in [0.15, 0.2) is 0 Å². The van der Waals surface area contributed by atoms with Crippen molar-refractivity contribution in [3.8, 4) is 5.75 Å². The van der Waals surface area contributed by atoms with E-state index in [-0.39, 0.29) is 31.4 Å². The van der Waals surface area contributed by atoms with Gasteiger partial charge in [-0.1, -0.05) is 26.0 Å². The second kappa shape index (κ2) is 11.3. The summed E-state index contributed by atoms with van der Waals surface area (Å²) in [6, 6.07) is 5.03. The van der Waals surface area contributed by atoms with Crippen molar-refractivity contribution in [1.82, 2.24) is 10.6 Å². The third-order valence-corrected chi connectivity index (χ3v) is 3.86. The fourth-order valence-electron chi connectivity index (χ4n) is 2.63. The number of rotatable bonds is 12. The normalized spacial score (nSPS) is 13.2. The highest BCUT2D eigenvalue weighted by Gasteiger charge is 2.23. The van der Waals surface area contributed by atoms with Crippen LogP contribution in [0.2, 0.25) is 0 Å². The second-order valence-corrected chi connectivity index (χ2v) is 7.22. The molecule has 1 amide bonds. The molecule has 1 rings (SSSR count). The molecule has 8 nitrogen and oxygen atoms in total. The van der Waals surface area contributed by atoms with Gasteiger partial charge in [-0.15, -0.1) is 0 Å². The van der Waals surface area contributed by atoms with E-state index in [0.717, 1.165) is 5.56 Å². The molecule has 0 aliphatic rings. The van der Waals surface area contributed by atoms with E-state index in [1.54, 1.807) is 24.3 Å². The van der Waals surface area contributed by atoms with E-state index in [1.165, 1.54) is 0 Å². The average Bonchev–Trinajstić information content (AvgIpc) is 2.58. The van der Waals surface area contributed by atoms with Crippen LogP contribution in [0, 0.1) is 0 Å². The minimum Gasteiger partial charge on any atom is -0.491 e. The smallest absolute Gasteiger partial charge is 0.326 e. The van der Waals surface area contributed by atoms with Gasteiger partial charge in [0.1, 0.15) is 17.8 Å². The number of aliphatic carboxylic acids is 2. The van der Waals surface area contributed by atoms with Gasteiger partial charge in [0, 0.05) is 18.9 Å². The Morgan fingerprint density at radius 2 is 1.54 bits per heavy atom. The zero-order chi connectivity index (χ0) is 21.3. The first kappa shape index (κ1) is 23.4. The van der Waals surface area contributed by atoms with E-state index < -0.39 is 29.9 Å². The standard InChI is InChI=1S/C20H30N2O6/c1-12(2)21-16(19(24)25)9-10-18(23)22-17(20(26)27)11-14-5-7-15(8-6-14)28-13(3)4/h5-8,12-13,16-17,21H,9-11H2,1-4H3,(H,22,23)(H,24,25)(H,26,27)/t16-,17-/m0/s1. The summed E-state index contributed by atoms with van der Waals surface area (Å²) in [4.78, 5) is 34.8. The van der Waals surface area contributed by atoms with Crippen LogP contribution < -0.4 is 15.4 Å². The number of ether oxygens (including phenoxy) is 1. The van der Waals surface area contributed by atoms with Gasteiger partial charge < -0.3 is 25.6 Å². The molecule has 8 heteroatoms. The largest absolute Gasteiger partial charge is 0.491 e. The van der Waals surface area contributed by atoms with Gasteiger partial charge in [-0.2, -0.15) is 0 Å². The summed E-state index contributed by atoms with van der Waals surface area (Å²) in [5, 5.41) is 23.9. The molecule has 28 heavy (non-hydrogen) atoms. The average molecular weight is 394 g/mol. The van der Waals surface area contributed by atoms with Gasteiger partial charge >= 0.3 is 11.9 Å². The van der Waals surface area contributed by atoms with Crippen LogP contribution in [-0.4, -0.2) is 52.3 Å². The van der Waals surface area contributed by atoms with Crippen LogP contribution >= 0.6 is 0 Å². The Bertz CT molecular complexity index is 657. The summed E-state index contributed by atoms with van der Waals surface area (Å²) in [5.41, 5.74) is 0.744. The Kier molecular flexibility index (Phi) is 9.44. The number of carbonyl (C=O) groups excluding carboxylic acids is 1. The molecule has 0 radical (unpaired) electrons. The lowest BCUT2D eigenvalue weighted by Gasteiger charge is -2.18. The number of carbonyl (C=O) groups is 3. The molecule has 0 saturated carbocycles. The molecule has 1 aromatic rings. The summed E-state index contributed by atoms with van der Waals surface area (Å²) >= 11 is 0. The van der Waals surface area contributed by atoms with Crippen molar-refractivity contribution >= 4 is 17.8 Å². The van der Waals surface area contributed by atoms with E-state index in [1.807, 2.05) is 27.7 Å². The lowest BCUT2D eigenvalue weighted by Crippen LogP contribution is -2.44. The number of nitrogens with one attached hydrogen (secondary N) is 2. The molecule has 2 atom stereocenters. The van der Waals surface area contributed by atoms with Gasteiger partial charge in [0.05, 0.1) is 6.10 Å². The Hall–Kier alpha value is -2.61. The van der Waals surface area contributed by atoms with Gasteiger partial charge in [-0.3, -0.25) is 9.59 Å². The van der Waals surface area contributed by atoms with Crippen LogP contribution in [0.15, 0.2) is 24.3 Å². The Morgan fingerprint density at radius 1 is 0.964 bits per heavy atom. The van der Waals surface area contributed by atoms with Gasteiger partial charge in [-0.25, -0.2) is 4.79 Å². The number of carboxylic acids is 2. The Balaban J connectivity index is 2.63. The molecule has 4 N–H and O–H groups in total. The minimum absolute atomic E-state index is 0.0386. The number of hydrogen-bond donors (Lipinski definition) is 4. The summed E-state index contributed by atoms with van der Waals surface area (Å²) in [6.45, 7) is 7.45. The van der Waals surface area contributed by atoms with Crippen LogP contribution in [-0.2, 0) is 20.8 Å². The minimum atomic E-state index is -1.15. The molecule has 0 aliphatic heterocycles. The van der Waals surface area contributed by atoms with Crippen LogP contribution in [0.4, 0.5) is 0 Å². The maximum absolute atomic E-state index is 12.1. The van der Waals surface area contributed by atoms with Crippen molar-refractivity contribution < 1.29 is 29.3 Å². The Morgan fingerprint density at radius 3 is 2.00 bits per heavy atom. The highest BCUT2D eigenvalue weighted by Crippen LogP contribution is 2.15. The van der Waals surface area contributed by atoms with Crippen molar-refractivity contribution in [1.29, 1.82) is 0 Å². The first-order valence-corrected chi connectivity index (χ1v) is 9.35. The summed E-state index contributed by atoms with van der Waals surface area (Å²) < 4.78 is 5.55. The molecule has 0 fully saturated rings. The molecule has 0 saturated heterocycles. The van der Waals surface area contributed by atoms with Gasteiger partial charge in [-0.05, 0) is 38.0 Å². The highest BCUT2D eigenvalue weighted by molar-refractivity contribution is 5.84. The van der Waals surface area contributed by atoms with E-state index in [4.69, 9.17) is 4.74 Å². The molecular weight excluding hydrogens is 364 g/mol. The van der Waals surface area contributed by atoms with Crippen LogP contribution in [0.25, 0.3) is 0 Å². The highest BCUT2D eigenvalue weighted by atomic mass is 16.5. The molecule has 0 spiro atoms. The third kappa shape index (κ3) is 8.85. The van der Waals surface area contributed by atoms with E-state index in [9.17, 15) is 24.6 Å². The number of carboxylic acid groups (broad SMARTS) is 2. The van der Waals surface area contributed by atoms with Crippen molar-refractivity contribution in [2.45, 2.75) is 71.2 Å². The zero-order valence-electron chi connectivity index (χ0n) is 16.8. The van der Waals surface area contributed by atoms with Crippen molar-refractivity contribution in [2.24, 2.45) is 0 Å². The molecule has 0 heterocycles. The SMILES string of the molecule is CC(C)N[C@@H](CCC(=O)N[C@@H](Cc1ccc(OC(C)C)cc1)C(=O)O)C(=O)O. The summed E-state index contributed by atoms with van der Waals surface area (Å²) in [6.07, 6.45) is 0.154. The van der Waals surface area contributed by atoms with E-state index in [0.29, 0.717) is 5.75 Å². The molecule has 1 aromatic carbocycles. The predicted octanol–water partition coefficient (Wildman–Crippen LogP) is 1.82. The quantitative estimate of drug-likeness (QED) is 0.426. The van der Waals surface area contributed by atoms with E-state index in [2.05, 4.69) is 10.6 Å².